The number of hydrogen-bond acceptors (Lipinski definition) is 4. The van der Waals surface area contributed by atoms with E-state index < -0.39 is 0 Å². The molecule has 0 bridgehead atoms. The van der Waals surface area contributed by atoms with Crippen LogP contribution in [0.2, 0.25) is 0 Å². The van der Waals surface area contributed by atoms with E-state index in [1.807, 2.05) is 12.5 Å². The molecule has 13 rings (SSSR count). The van der Waals surface area contributed by atoms with Crippen LogP contribution in [0.3, 0.4) is 0 Å². The summed E-state index contributed by atoms with van der Waals surface area (Å²) >= 11 is 0. The van der Waals surface area contributed by atoms with E-state index in [9.17, 15) is 0 Å². The number of rotatable bonds is 5. The van der Waals surface area contributed by atoms with Crippen LogP contribution >= 0.6 is 0 Å². The predicted molar refractivity (Wildman–Crippen MR) is 323 cm³/mol. The van der Waals surface area contributed by atoms with Gasteiger partial charge in [-0.3, -0.25) is 0 Å². The minimum Gasteiger partial charge on any atom is -0.471 e. The molecule has 0 radical (unpaired) electrons. The number of nitrogens with zero attached hydrogens (tertiary/aromatic N) is 3. The largest absolute Gasteiger partial charge is 0.471 e. The molecule has 372 valence electrons. The molecule has 0 fully saturated rings. The molecule has 3 heterocycles. The van der Waals surface area contributed by atoms with Gasteiger partial charge in [0.1, 0.15) is 0 Å². The second-order valence-corrected chi connectivity index (χ2v) is 25.9. The number of furan rings is 1. The van der Waals surface area contributed by atoms with Gasteiger partial charge in [0.2, 0.25) is 0 Å². The van der Waals surface area contributed by atoms with Crippen molar-refractivity contribution in [3.8, 4) is 0 Å². The van der Waals surface area contributed by atoms with Crippen LogP contribution in [0.5, 0.6) is 0 Å². The van der Waals surface area contributed by atoms with Crippen molar-refractivity contribution in [1.82, 2.24) is 0 Å². The summed E-state index contributed by atoms with van der Waals surface area (Å²) in [7, 11) is 0. The Bertz CT molecular complexity index is 3860. The molecule has 75 heavy (non-hydrogen) atoms. The molecule has 9 aromatic rings. The lowest BCUT2D eigenvalue weighted by atomic mass is 9.33. The van der Waals surface area contributed by atoms with E-state index in [0.29, 0.717) is 0 Å². The molecule has 0 spiro atoms. The van der Waals surface area contributed by atoms with Gasteiger partial charge in [0, 0.05) is 56.3 Å². The van der Waals surface area contributed by atoms with Crippen molar-refractivity contribution < 1.29 is 4.42 Å². The Morgan fingerprint density at radius 3 is 1.59 bits per heavy atom. The maximum Gasteiger partial charge on any atom is 0.252 e. The fourth-order valence-electron chi connectivity index (χ4n) is 12.6. The van der Waals surface area contributed by atoms with E-state index >= 15 is 0 Å². The van der Waals surface area contributed by atoms with Crippen molar-refractivity contribution in [3.63, 3.8) is 0 Å². The molecule has 2 aliphatic carbocycles. The first kappa shape index (κ1) is 47.2. The van der Waals surface area contributed by atoms with Crippen molar-refractivity contribution in [3.05, 3.63) is 203 Å². The van der Waals surface area contributed by atoms with Gasteiger partial charge in [0.25, 0.3) is 6.71 Å². The van der Waals surface area contributed by atoms with E-state index in [4.69, 9.17) is 4.42 Å². The number of fused-ring (bicyclic) bond motifs is 5. The van der Waals surface area contributed by atoms with Crippen LogP contribution in [0.25, 0.3) is 33.2 Å². The molecular formula is C70H68BN3O. The molecule has 0 N–H and O–H groups in total. The summed E-state index contributed by atoms with van der Waals surface area (Å²) in [6.07, 6.45) is 12.8. The molecule has 8 aromatic carbocycles. The molecule has 4 aliphatic rings. The van der Waals surface area contributed by atoms with Crippen molar-refractivity contribution in [2.75, 3.05) is 14.7 Å². The van der Waals surface area contributed by atoms with Crippen LogP contribution < -0.4 is 31.1 Å². The molecule has 0 saturated carbocycles. The summed E-state index contributed by atoms with van der Waals surface area (Å²) in [6.45, 7) is 27.7. The van der Waals surface area contributed by atoms with Gasteiger partial charge in [0.15, 0.2) is 0 Å². The third kappa shape index (κ3) is 7.62. The summed E-state index contributed by atoms with van der Waals surface area (Å²) in [5.41, 5.74) is 25.1. The Morgan fingerprint density at radius 2 is 1.00 bits per heavy atom. The normalized spacial score (nSPS) is 14.8. The molecule has 0 saturated heterocycles. The lowest BCUT2D eigenvalue weighted by molar-refractivity contribution is 0.572. The SMILES string of the molecule is CC(C)(C)c1ccc(N(c2ccc3c(c2)N(c2ccc(C(C)(C)C)cc2)c2cc(C(C)(C)C)cc4c2B3c2cc3cocc3cc2N4c2ccc(C(C)(C)C)cc2)c2ccc3ccc4c5c3c2CC=C5CC=C4)cc1. The van der Waals surface area contributed by atoms with E-state index in [1.165, 1.54) is 100 Å². The van der Waals surface area contributed by atoms with E-state index in [2.05, 4.69) is 256 Å². The molecule has 0 unspecified atom stereocenters. The molecular weight excluding hydrogens is 910 g/mol. The summed E-state index contributed by atoms with van der Waals surface area (Å²) in [5, 5.41) is 4.89. The third-order valence-corrected chi connectivity index (χ3v) is 16.8. The Kier molecular flexibility index (Phi) is 10.4. The van der Waals surface area contributed by atoms with Crippen molar-refractivity contribution in [1.29, 1.82) is 0 Å². The highest BCUT2D eigenvalue weighted by Gasteiger charge is 2.45. The van der Waals surface area contributed by atoms with Gasteiger partial charge in [-0.05, 0) is 179 Å². The van der Waals surface area contributed by atoms with Gasteiger partial charge in [-0.15, -0.1) is 0 Å². The number of benzene rings is 8. The van der Waals surface area contributed by atoms with Crippen molar-refractivity contribution in [2.24, 2.45) is 0 Å². The van der Waals surface area contributed by atoms with Gasteiger partial charge in [-0.2, -0.15) is 0 Å². The highest BCUT2D eigenvalue weighted by atomic mass is 16.3. The number of allylic oxidation sites excluding steroid dienone is 3. The van der Waals surface area contributed by atoms with Crippen molar-refractivity contribution >= 4 is 107 Å². The van der Waals surface area contributed by atoms with Crippen LogP contribution in [0.15, 0.2) is 169 Å². The molecule has 5 heteroatoms. The van der Waals surface area contributed by atoms with E-state index in [-0.39, 0.29) is 28.4 Å². The minimum atomic E-state index is -0.155. The molecule has 1 aromatic heterocycles. The average molecular weight is 978 g/mol. The van der Waals surface area contributed by atoms with E-state index in [1.54, 1.807) is 0 Å². The quantitative estimate of drug-likeness (QED) is 0.160. The van der Waals surface area contributed by atoms with Gasteiger partial charge in [-0.25, -0.2) is 0 Å². The zero-order valence-corrected chi connectivity index (χ0v) is 45.9. The minimum absolute atomic E-state index is 0.00174. The Balaban J connectivity index is 1.10. The fraction of sp³-hybridized carbons (Fsp3) is 0.257. The molecule has 0 amide bonds. The molecule has 0 atom stereocenters. The standard InChI is InChI=1S/C70H68BN3O/c1-67(2,3)48-20-26-52(27-21-48)72(59-35-19-45-17-16-43-14-13-15-44-18-33-56(59)65(45)64(43)44)55-32-34-57-61(40-55)74(54-30-24-50(25-31-54)69(7,8)9)63-39-51(70(10,11)12)38-62-66(63)71(57)58-36-46-41-75-42-47(46)37-60(58)73(62)53-28-22-49(23-29-53)68(4,5)6/h13-14,16-32,34-42H,15,33H2,1-12H3. The first-order valence-electron chi connectivity index (χ1n) is 27.2. The monoisotopic (exact) mass is 978 g/mol. The first-order valence-corrected chi connectivity index (χ1v) is 27.2. The fourth-order valence-corrected chi connectivity index (χ4v) is 12.6. The molecule has 4 nitrogen and oxygen atoms in total. The van der Waals surface area contributed by atoms with Crippen LogP contribution in [0.4, 0.5) is 51.2 Å². The van der Waals surface area contributed by atoms with E-state index in [0.717, 1.165) is 46.4 Å². The van der Waals surface area contributed by atoms with Crippen LogP contribution in [-0.2, 0) is 28.1 Å². The Hall–Kier alpha value is -7.50. The highest BCUT2D eigenvalue weighted by Crippen LogP contribution is 2.51. The van der Waals surface area contributed by atoms with Crippen molar-refractivity contribution in [2.45, 2.75) is 118 Å². The van der Waals surface area contributed by atoms with Crippen LogP contribution in [-0.4, -0.2) is 6.71 Å². The lowest BCUT2D eigenvalue weighted by Gasteiger charge is -2.45. The summed E-state index contributed by atoms with van der Waals surface area (Å²) in [5.74, 6) is 0. The second-order valence-electron chi connectivity index (χ2n) is 25.9. The van der Waals surface area contributed by atoms with Gasteiger partial charge in [-0.1, -0.05) is 168 Å². The maximum atomic E-state index is 6.00. The summed E-state index contributed by atoms with van der Waals surface area (Å²) < 4.78 is 6.00. The Morgan fingerprint density at radius 1 is 0.467 bits per heavy atom. The number of hydrogen-bond donors (Lipinski definition) is 0. The average Bonchev–Trinajstić information content (AvgIpc) is 3.85. The molecule has 2 aliphatic heterocycles. The summed E-state index contributed by atoms with van der Waals surface area (Å²) in [4.78, 5) is 7.70. The van der Waals surface area contributed by atoms with Crippen LogP contribution in [0, 0.1) is 0 Å². The topological polar surface area (TPSA) is 22.9 Å². The second kappa shape index (κ2) is 16.5. The highest BCUT2D eigenvalue weighted by molar-refractivity contribution is 7.00. The Labute approximate surface area is 445 Å². The zero-order chi connectivity index (χ0) is 52.1. The summed E-state index contributed by atoms with van der Waals surface area (Å²) in [6, 6.07) is 54.6. The van der Waals surface area contributed by atoms with Gasteiger partial charge >= 0.3 is 0 Å². The first-order chi connectivity index (χ1) is 35.7. The lowest BCUT2D eigenvalue weighted by Crippen LogP contribution is -2.61. The van der Waals surface area contributed by atoms with Crippen LogP contribution in [0.1, 0.15) is 128 Å². The third-order valence-electron chi connectivity index (χ3n) is 16.8. The zero-order valence-electron chi connectivity index (χ0n) is 45.9. The maximum absolute atomic E-state index is 6.00. The number of anilines is 9. The predicted octanol–water partition coefficient (Wildman–Crippen LogP) is 17.7. The van der Waals surface area contributed by atoms with Gasteiger partial charge < -0.3 is 19.1 Å². The van der Waals surface area contributed by atoms with Gasteiger partial charge in [0.05, 0.1) is 18.2 Å². The smallest absolute Gasteiger partial charge is 0.252 e.